The van der Waals surface area contributed by atoms with E-state index in [1.165, 1.54) is 11.1 Å². The van der Waals surface area contributed by atoms with Crippen molar-refractivity contribution in [1.29, 1.82) is 0 Å². The molecule has 1 unspecified atom stereocenters. The number of likely N-dealkylation sites (tertiary alicyclic amines) is 1. The summed E-state index contributed by atoms with van der Waals surface area (Å²) in [5.74, 6) is -0.261. The summed E-state index contributed by atoms with van der Waals surface area (Å²) in [7, 11) is 0. The van der Waals surface area contributed by atoms with E-state index in [-0.39, 0.29) is 17.7 Å². The van der Waals surface area contributed by atoms with Crippen LogP contribution in [0.2, 0.25) is 0 Å². The topological polar surface area (TPSA) is 52.7 Å². The molecule has 2 aromatic carbocycles. The maximum absolute atomic E-state index is 12.8. The van der Waals surface area contributed by atoms with Gasteiger partial charge in [-0.1, -0.05) is 67.9 Å². The first-order chi connectivity index (χ1) is 14.5. The normalized spacial score (nSPS) is 16.3. The molecule has 1 heterocycles. The van der Waals surface area contributed by atoms with Gasteiger partial charge in [0.15, 0.2) is 0 Å². The standard InChI is InChI=1S/C25H33N3O2/c1-4-27(5-2)17-22-9-7-6-8-21(22)15-26-25(30)23-14-24(29)28(18-23)16-20-12-10-19(3)11-13-20/h6-13,23H,4-5,14-18H2,1-3H3,(H,26,30). The maximum atomic E-state index is 12.8. The van der Waals surface area contributed by atoms with Crippen LogP contribution in [0, 0.1) is 12.8 Å². The van der Waals surface area contributed by atoms with E-state index in [0.717, 1.165) is 30.8 Å². The first-order valence-corrected chi connectivity index (χ1v) is 10.9. The molecule has 1 atom stereocenters. The molecule has 160 valence electrons. The third-order valence-corrected chi connectivity index (χ3v) is 5.94. The van der Waals surface area contributed by atoms with Crippen molar-refractivity contribution in [2.24, 2.45) is 5.92 Å². The number of amides is 2. The number of hydrogen-bond acceptors (Lipinski definition) is 3. The Bertz CT molecular complexity index is 859. The Labute approximate surface area is 180 Å². The molecular formula is C25H33N3O2. The summed E-state index contributed by atoms with van der Waals surface area (Å²) in [6.07, 6.45) is 0.290. The van der Waals surface area contributed by atoms with Crippen LogP contribution in [0.5, 0.6) is 0 Å². The van der Waals surface area contributed by atoms with Crippen molar-refractivity contribution < 1.29 is 9.59 Å². The van der Waals surface area contributed by atoms with Crippen molar-refractivity contribution in [3.63, 3.8) is 0 Å². The highest BCUT2D eigenvalue weighted by molar-refractivity contribution is 5.89. The van der Waals surface area contributed by atoms with E-state index in [4.69, 9.17) is 0 Å². The monoisotopic (exact) mass is 407 g/mol. The third-order valence-electron chi connectivity index (χ3n) is 5.94. The minimum absolute atomic E-state index is 0.0348. The molecule has 2 aromatic rings. The van der Waals surface area contributed by atoms with Gasteiger partial charge in [0.25, 0.3) is 0 Å². The second-order valence-corrected chi connectivity index (χ2v) is 8.11. The van der Waals surface area contributed by atoms with Gasteiger partial charge in [0.2, 0.25) is 11.8 Å². The molecule has 0 aliphatic carbocycles. The zero-order valence-corrected chi connectivity index (χ0v) is 18.4. The van der Waals surface area contributed by atoms with Crippen molar-refractivity contribution in [3.8, 4) is 0 Å². The highest BCUT2D eigenvalue weighted by Gasteiger charge is 2.34. The van der Waals surface area contributed by atoms with Gasteiger partial charge in [-0.25, -0.2) is 0 Å². The van der Waals surface area contributed by atoms with Crippen LogP contribution in [0.15, 0.2) is 48.5 Å². The number of nitrogens with zero attached hydrogens (tertiary/aromatic N) is 2. The SMILES string of the molecule is CCN(CC)Cc1ccccc1CNC(=O)C1CC(=O)N(Cc2ccc(C)cc2)C1. The second-order valence-electron chi connectivity index (χ2n) is 8.11. The summed E-state index contributed by atoms with van der Waals surface area (Å²) in [5.41, 5.74) is 4.67. The molecule has 1 N–H and O–H groups in total. The second kappa shape index (κ2) is 10.4. The molecule has 5 nitrogen and oxygen atoms in total. The molecule has 0 radical (unpaired) electrons. The van der Waals surface area contributed by atoms with Crippen LogP contribution in [0.4, 0.5) is 0 Å². The molecule has 0 bridgehead atoms. The zero-order chi connectivity index (χ0) is 21.5. The molecule has 0 saturated carbocycles. The number of rotatable bonds is 9. The Hall–Kier alpha value is -2.66. The van der Waals surface area contributed by atoms with Crippen LogP contribution in [0.3, 0.4) is 0 Å². The van der Waals surface area contributed by atoms with Crippen LogP contribution >= 0.6 is 0 Å². The minimum Gasteiger partial charge on any atom is -0.352 e. The van der Waals surface area contributed by atoms with Gasteiger partial charge < -0.3 is 10.2 Å². The van der Waals surface area contributed by atoms with Crippen LogP contribution < -0.4 is 5.32 Å². The average Bonchev–Trinajstić information content (AvgIpc) is 3.13. The van der Waals surface area contributed by atoms with Crippen LogP contribution in [-0.2, 0) is 29.2 Å². The van der Waals surface area contributed by atoms with E-state index in [1.807, 2.05) is 31.2 Å². The fourth-order valence-corrected chi connectivity index (χ4v) is 3.91. The Morgan fingerprint density at radius 3 is 2.40 bits per heavy atom. The quantitative estimate of drug-likeness (QED) is 0.692. The highest BCUT2D eigenvalue weighted by atomic mass is 16.2. The number of carbonyl (C=O) groups is 2. The molecule has 1 saturated heterocycles. The smallest absolute Gasteiger partial charge is 0.225 e. The van der Waals surface area contributed by atoms with E-state index in [1.54, 1.807) is 4.90 Å². The lowest BCUT2D eigenvalue weighted by molar-refractivity contribution is -0.129. The van der Waals surface area contributed by atoms with E-state index in [9.17, 15) is 9.59 Å². The molecule has 5 heteroatoms. The van der Waals surface area contributed by atoms with Crippen LogP contribution in [-0.4, -0.2) is 41.2 Å². The molecule has 1 aliphatic heterocycles. The van der Waals surface area contributed by atoms with Crippen molar-refractivity contribution >= 4 is 11.8 Å². The van der Waals surface area contributed by atoms with Crippen molar-refractivity contribution in [2.75, 3.05) is 19.6 Å². The Kier molecular flexibility index (Phi) is 7.63. The van der Waals surface area contributed by atoms with Gasteiger partial charge in [-0.2, -0.15) is 0 Å². The fourth-order valence-electron chi connectivity index (χ4n) is 3.91. The van der Waals surface area contributed by atoms with Crippen LogP contribution in [0.1, 0.15) is 42.5 Å². The number of carbonyl (C=O) groups excluding carboxylic acids is 2. The molecule has 1 aliphatic rings. The maximum Gasteiger partial charge on any atom is 0.225 e. The van der Waals surface area contributed by atoms with E-state index in [0.29, 0.717) is 26.1 Å². The summed E-state index contributed by atoms with van der Waals surface area (Å²) >= 11 is 0. The zero-order valence-electron chi connectivity index (χ0n) is 18.4. The van der Waals surface area contributed by atoms with Crippen molar-refractivity contribution in [1.82, 2.24) is 15.1 Å². The highest BCUT2D eigenvalue weighted by Crippen LogP contribution is 2.21. The molecule has 1 fully saturated rings. The van der Waals surface area contributed by atoms with Gasteiger partial charge in [0.05, 0.1) is 5.92 Å². The number of benzene rings is 2. The van der Waals surface area contributed by atoms with Gasteiger partial charge in [-0.15, -0.1) is 0 Å². The summed E-state index contributed by atoms with van der Waals surface area (Å²) in [5, 5.41) is 3.07. The predicted molar refractivity (Wildman–Crippen MR) is 120 cm³/mol. The number of aryl methyl sites for hydroxylation is 1. The first-order valence-electron chi connectivity index (χ1n) is 10.9. The summed E-state index contributed by atoms with van der Waals surface area (Å²) in [4.78, 5) is 29.3. The summed E-state index contributed by atoms with van der Waals surface area (Å²) in [6, 6.07) is 16.4. The Morgan fingerprint density at radius 2 is 1.73 bits per heavy atom. The third kappa shape index (κ3) is 5.70. The van der Waals surface area contributed by atoms with E-state index in [2.05, 4.69) is 48.3 Å². The lowest BCUT2D eigenvalue weighted by Crippen LogP contribution is -2.33. The van der Waals surface area contributed by atoms with Gasteiger partial charge in [-0.05, 0) is 36.7 Å². The fraction of sp³-hybridized carbons (Fsp3) is 0.440. The average molecular weight is 408 g/mol. The molecular weight excluding hydrogens is 374 g/mol. The largest absolute Gasteiger partial charge is 0.352 e. The molecule has 0 spiro atoms. The van der Waals surface area contributed by atoms with Crippen molar-refractivity contribution in [2.45, 2.75) is 46.8 Å². The van der Waals surface area contributed by atoms with Crippen LogP contribution in [0.25, 0.3) is 0 Å². The molecule has 30 heavy (non-hydrogen) atoms. The lowest BCUT2D eigenvalue weighted by atomic mass is 10.1. The predicted octanol–water partition coefficient (Wildman–Crippen LogP) is 3.50. The summed E-state index contributed by atoms with van der Waals surface area (Å²) < 4.78 is 0. The number of nitrogens with one attached hydrogen (secondary N) is 1. The number of hydrogen-bond donors (Lipinski definition) is 1. The molecule has 2 amide bonds. The van der Waals surface area contributed by atoms with Gasteiger partial charge in [0.1, 0.15) is 0 Å². The molecule has 3 rings (SSSR count). The first kappa shape index (κ1) is 22.0. The van der Waals surface area contributed by atoms with Crippen molar-refractivity contribution in [3.05, 3.63) is 70.8 Å². The van der Waals surface area contributed by atoms with Gasteiger partial charge in [-0.3, -0.25) is 14.5 Å². The Morgan fingerprint density at radius 1 is 1.07 bits per heavy atom. The van der Waals surface area contributed by atoms with Gasteiger partial charge >= 0.3 is 0 Å². The van der Waals surface area contributed by atoms with E-state index < -0.39 is 0 Å². The Balaban J connectivity index is 1.56. The molecule has 0 aromatic heterocycles. The summed E-state index contributed by atoms with van der Waals surface area (Å²) in [6.45, 7) is 10.8. The van der Waals surface area contributed by atoms with Gasteiger partial charge in [0, 0.05) is 32.6 Å². The minimum atomic E-state index is -0.280. The lowest BCUT2D eigenvalue weighted by Gasteiger charge is -2.20. The van der Waals surface area contributed by atoms with E-state index >= 15 is 0 Å².